The maximum atomic E-state index is 12.0. The predicted molar refractivity (Wildman–Crippen MR) is 123 cm³/mol. The molecule has 0 fully saturated rings. The van der Waals surface area contributed by atoms with Gasteiger partial charge in [-0.3, -0.25) is 15.4 Å². The number of hydrogen-bond donors (Lipinski definition) is 2. The molecule has 0 spiro atoms. The minimum absolute atomic E-state index is 0.0397. The molecule has 11 heteroatoms. The normalized spacial score (nSPS) is 10.7. The van der Waals surface area contributed by atoms with Crippen molar-refractivity contribution in [3.63, 3.8) is 0 Å². The van der Waals surface area contributed by atoms with Gasteiger partial charge >= 0.3 is 12.0 Å². The van der Waals surface area contributed by atoms with Crippen LogP contribution >= 0.6 is 0 Å². The summed E-state index contributed by atoms with van der Waals surface area (Å²) in [6.07, 6.45) is 1.34. The number of nitro groups is 1. The first-order chi connectivity index (χ1) is 16.6. The van der Waals surface area contributed by atoms with Gasteiger partial charge in [0.1, 0.15) is 12.4 Å². The lowest BCUT2D eigenvalue weighted by atomic mass is 10.2. The van der Waals surface area contributed by atoms with Crippen molar-refractivity contribution in [2.75, 3.05) is 5.32 Å². The minimum atomic E-state index is -0.707. The molecule has 11 nitrogen and oxygen atoms in total. The fourth-order valence-electron chi connectivity index (χ4n) is 2.86. The zero-order chi connectivity index (χ0) is 23.8. The van der Waals surface area contributed by atoms with E-state index in [1.807, 2.05) is 42.5 Å². The predicted octanol–water partition coefficient (Wildman–Crippen LogP) is 4.38. The lowest BCUT2D eigenvalue weighted by Crippen LogP contribution is -2.24. The second-order valence-electron chi connectivity index (χ2n) is 6.86. The SMILES string of the molecule is O=C(N/N=C/c1ccc([N+](=O)[O-])cc1)Nc1nnc(-c2ccccc2OCc2ccccc2)o1. The number of carbonyl (C=O) groups excluding carboxylic acids is 1. The number of rotatable bonds is 8. The van der Waals surface area contributed by atoms with Crippen molar-refractivity contribution >= 4 is 23.9 Å². The van der Waals surface area contributed by atoms with E-state index in [2.05, 4.69) is 26.0 Å². The Balaban J connectivity index is 1.35. The Morgan fingerprint density at radius 2 is 1.76 bits per heavy atom. The lowest BCUT2D eigenvalue weighted by Gasteiger charge is -2.09. The molecule has 0 unspecified atom stereocenters. The van der Waals surface area contributed by atoms with Gasteiger partial charge in [0.2, 0.25) is 0 Å². The van der Waals surface area contributed by atoms with Crippen LogP contribution in [0.15, 0.2) is 88.4 Å². The number of aromatic nitrogens is 2. The van der Waals surface area contributed by atoms with Gasteiger partial charge in [-0.25, -0.2) is 10.2 Å². The molecular weight excluding hydrogens is 440 g/mol. The molecule has 0 atom stereocenters. The van der Waals surface area contributed by atoms with Crippen LogP contribution in [0.1, 0.15) is 11.1 Å². The number of hydrazone groups is 1. The van der Waals surface area contributed by atoms with E-state index < -0.39 is 11.0 Å². The molecule has 1 heterocycles. The molecule has 4 rings (SSSR count). The zero-order valence-electron chi connectivity index (χ0n) is 17.6. The summed E-state index contributed by atoms with van der Waals surface area (Å²) in [5, 5.41) is 24.6. The first-order valence-electron chi connectivity index (χ1n) is 10.0. The number of benzene rings is 3. The summed E-state index contributed by atoms with van der Waals surface area (Å²) in [5.74, 6) is 0.729. The van der Waals surface area contributed by atoms with Crippen LogP contribution in [0.3, 0.4) is 0 Å². The first-order valence-corrected chi connectivity index (χ1v) is 10.0. The Kier molecular flexibility index (Phi) is 6.84. The molecule has 0 bridgehead atoms. The Bertz CT molecular complexity index is 1300. The van der Waals surface area contributed by atoms with E-state index in [-0.39, 0.29) is 17.6 Å². The molecule has 0 aliphatic heterocycles. The van der Waals surface area contributed by atoms with Crippen LogP contribution in [0.2, 0.25) is 0 Å². The molecule has 4 aromatic rings. The van der Waals surface area contributed by atoms with Crippen molar-refractivity contribution in [3.8, 4) is 17.2 Å². The summed E-state index contributed by atoms with van der Waals surface area (Å²) in [6.45, 7) is 0.367. The van der Waals surface area contributed by atoms with E-state index in [4.69, 9.17) is 9.15 Å². The van der Waals surface area contributed by atoms with Crippen molar-refractivity contribution in [1.82, 2.24) is 15.6 Å². The van der Waals surface area contributed by atoms with E-state index in [1.54, 1.807) is 12.1 Å². The summed E-state index contributed by atoms with van der Waals surface area (Å²) in [5.41, 5.74) is 4.37. The molecule has 1 aromatic heterocycles. The topological polar surface area (TPSA) is 145 Å². The van der Waals surface area contributed by atoms with Gasteiger partial charge in [-0.05, 0) is 35.4 Å². The number of ether oxygens (including phenoxy) is 1. The van der Waals surface area contributed by atoms with Gasteiger partial charge in [0.25, 0.3) is 11.6 Å². The van der Waals surface area contributed by atoms with Gasteiger partial charge in [0.15, 0.2) is 0 Å². The summed E-state index contributed by atoms with van der Waals surface area (Å²) in [4.78, 5) is 22.2. The second kappa shape index (κ2) is 10.5. The van der Waals surface area contributed by atoms with Crippen molar-refractivity contribution in [1.29, 1.82) is 0 Å². The van der Waals surface area contributed by atoms with Gasteiger partial charge in [0, 0.05) is 12.1 Å². The highest BCUT2D eigenvalue weighted by Gasteiger charge is 2.15. The molecule has 2 amide bonds. The van der Waals surface area contributed by atoms with Crippen molar-refractivity contribution in [2.45, 2.75) is 6.61 Å². The Morgan fingerprint density at radius 3 is 2.53 bits per heavy atom. The average molecular weight is 458 g/mol. The zero-order valence-corrected chi connectivity index (χ0v) is 17.6. The van der Waals surface area contributed by atoms with Crippen LogP contribution in [0.5, 0.6) is 5.75 Å². The molecule has 34 heavy (non-hydrogen) atoms. The number of hydrogen-bond acceptors (Lipinski definition) is 8. The fraction of sp³-hybridized carbons (Fsp3) is 0.0435. The molecule has 0 saturated carbocycles. The molecular formula is C23H18N6O5. The quantitative estimate of drug-likeness (QED) is 0.226. The number of nitro benzene ring substituents is 1. The summed E-state index contributed by atoms with van der Waals surface area (Å²) in [6, 6.07) is 21.7. The summed E-state index contributed by atoms with van der Waals surface area (Å²) < 4.78 is 11.4. The monoisotopic (exact) mass is 458 g/mol. The fourth-order valence-corrected chi connectivity index (χ4v) is 2.86. The van der Waals surface area contributed by atoms with Crippen LogP contribution in [0.25, 0.3) is 11.5 Å². The minimum Gasteiger partial charge on any atom is -0.488 e. The van der Waals surface area contributed by atoms with Gasteiger partial charge in [-0.15, -0.1) is 5.10 Å². The van der Waals surface area contributed by atoms with Crippen molar-refractivity contribution in [2.24, 2.45) is 5.10 Å². The number of amides is 2. The standard InChI is InChI=1S/C23H18N6O5/c30-22(27-24-14-16-10-12-18(13-11-16)29(31)32)25-23-28-26-21(34-23)19-8-4-5-9-20(19)33-15-17-6-2-1-3-7-17/h1-14H,15H2,(H2,25,27,28,30)/b24-14+. The van der Waals surface area contributed by atoms with E-state index in [9.17, 15) is 14.9 Å². The highest BCUT2D eigenvalue weighted by Crippen LogP contribution is 2.30. The van der Waals surface area contributed by atoms with Crippen LogP contribution in [-0.4, -0.2) is 27.4 Å². The smallest absolute Gasteiger partial charge is 0.343 e. The van der Waals surface area contributed by atoms with E-state index in [0.29, 0.717) is 23.5 Å². The van der Waals surface area contributed by atoms with Gasteiger partial charge in [-0.1, -0.05) is 47.6 Å². The second-order valence-corrected chi connectivity index (χ2v) is 6.86. The molecule has 0 radical (unpaired) electrons. The van der Waals surface area contributed by atoms with Gasteiger partial charge in [-0.2, -0.15) is 5.10 Å². The molecule has 0 aliphatic carbocycles. The maximum absolute atomic E-state index is 12.0. The number of nitrogens with one attached hydrogen (secondary N) is 2. The number of anilines is 1. The highest BCUT2D eigenvalue weighted by molar-refractivity contribution is 5.88. The van der Waals surface area contributed by atoms with Crippen molar-refractivity contribution < 1.29 is 18.9 Å². The highest BCUT2D eigenvalue weighted by atomic mass is 16.6. The Hall–Kier alpha value is -5.06. The first kappa shape index (κ1) is 22.1. The Labute approximate surface area is 193 Å². The third kappa shape index (κ3) is 5.79. The van der Waals surface area contributed by atoms with Crippen LogP contribution in [-0.2, 0) is 6.61 Å². The summed E-state index contributed by atoms with van der Waals surface area (Å²) >= 11 is 0. The van der Waals surface area contributed by atoms with Crippen molar-refractivity contribution in [3.05, 3.63) is 100 Å². The molecule has 170 valence electrons. The number of para-hydroxylation sites is 1. The maximum Gasteiger partial charge on any atom is 0.343 e. The Morgan fingerprint density at radius 1 is 1.03 bits per heavy atom. The summed E-state index contributed by atoms with van der Waals surface area (Å²) in [7, 11) is 0. The lowest BCUT2D eigenvalue weighted by molar-refractivity contribution is -0.384. The van der Waals surface area contributed by atoms with Crippen LogP contribution in [0, 0.1) is 10.1 Å². The van der Waals surface area contributed by atoms with Crippen LogP contribution in [0.4, 0.5) is 16.5 Å². The average Bonchev–Trinajstić information content (AvgIpc) is 3.32. The third-order valence-electron chi connectivity index (χ3n) is 4.48. The van der Waals surface area contributed by atoms with Gasteiger partial charge in [0.05, 0.1) is 16.7 Å². The molecule has 3 aromatic carbocycles. The number of nitrogens with zero attached hydrogens (tertiary/aromatic N) is 4. The number of non-ortho nitro benzene ring substituents is 1. The largest absolute Gasteiger partial charge is 0.488 e. The molecule has 0 saturated heterocycles. The molecule has 2 N–H and O–H groups in total. The number of carbonyl (C=O) groups is 1. The van der Waals surface area contributed by atoms with E-state index >= 15 is 0 Å². The number of urea groups is 1. The van der Waals surface area contributed by atoms with E-state index in [0.717, 1.165) is 5.56 Å². The van der Waals surface area contributed by atoms with Gasteiger partial charge < -0.3 is 9.15 Å². The van der Waals surface area contributed by atoms with Crippen LogP contribution < -0.4 is 15.5 Å². The van der Waals surface area contributed by atoms with E-state index in [1.165, 1.54) is 30.5 Å². The third-order valence-corrected chi connectivity index (χ3v) is 4.48. The molecule has 0 aliphatic rings.